The number of nitrogens with one attached hydrogen (secondary N) is 1. The lowest BCUT2D eigenvalue weighted by molar-refractivity contribution is 0.284. The van der Waals surface area contributed by atoms with E-state index >= 15 is 0 Å². The van der Waals surface area contributed by atoms with E-state index in [0.29, 0.717) is 18.0 Å². The fraction of sp³-hybridized carbons (Fsp3) is 0.318. The van der Waals surface area contributed by atoms with Gasteiger partial charge in [-0.15, -0.1) is 0 Å². The van der Waals surface area contributed by atoms with Crippen LogP contribution in [-0.2, 0) is 16.4 Å². The summed E-state index contributed by atoms with van der Waals surface area (Å²) in [7, 11) is -3.53. The van der Waals surface area contributed by atoms with Gasteiger partial charge in [0.25, 0.3) is 0 Å². The molecule has 1 unspecified atom stereocenters. The molecule has 146 valence electrons. The number of sulfonamides is 1. The predicted octanol–water partition coefficient (Wildman–Crippen LogP) is 3.22. The van der Waals surface area contributed by atoms with Crippen molar-refractivity contribution in [1.82, 2.24) is 14.6 Å². The molecule has 1 fully saturated rings. The smallest absolute Gasteiger partial charge is 0.243 e. The van der Waals surface area contributed by atoms with Crippen molar-refractivity contribution in [2.75, 3.05) is 19.6 Å². The van der Waals surface area contributed by atoms with Gasteiger partial charge in [0.05, 0.1) is 4.90 Å². The fourth-order valence-corrected chi connectivity index (χ4v) is 5.59. The number of rotatable bonds is 6. The highest BCUT2D eigenvalue weighted by Crippen LogP contribution is 2.27. The van der Waals surface area contributed by atoms with Crippen molar-refractivity contribution in [1.29, 1.82) is 0 Å². The second kappa shape index (κ2) is 8.39. The predicted molar refractivity (Wildman–Crippen MR) is 112 cm³/mol. The zero-order valence-corrected chi connectivity index (χ0v) is 16.6. The van der Waals surface area contributed by atoms with E-state index in [1.807, 2.05) is 24.3 Å². The third-order valence-corrected chi connectivity index (χ3v) is 7.26. The first-order valence-corrected chi connectivity index (χ1v) is 11.2. The molecular formula is C22H25N3O2S. The molecule has 5 nitrogen and oxygen atoms in total. The molecule has 1 aromatic heterocycles. The van der Waals surface area contributed by atoms with Gasteiger partial charge in [-0.25, -0.2) is 8.42 Å². The van der Waals surface area contributed by atoms with Crippen LogP contribution in [0.2, 0.25) is 0 Å². The summed E-state index contributed by atoms with van der Waals surface area (Å²) in [6, 6.07) is 17.7. The SMILES string of the molecule is O=S(=O)(c1cccc2cnccc12)N1CCCC(NCCc2ccccc2)C1. The Bertz CT molecular complexity index is 1030. The molecule has 0 amide bonds. The molecule has 1 aliphatic heterocycles. The van der Waals surface area contributed by atoms with Crippen LogP contribution < -0.4 is 5.32 Å². The zero-order chi connectivity index (χ0) is 19.4. The summed E-state index contributed by atoms with van der Waals surface area (Å²) < 4.78 is 28.3. The van der Waals surface area contributed by atoms with Gasteiger partial charge in [-0.3, -0.25) is 4.98 Å². The van der Waals surface area contributed by atoms with Crippen LogP contribution in [0, 0.1) is 0 Å². The fourth-order valence-electron chi connectivity index (χ4n) is 3.85. The zero-order valence-electron chi connectivity index (χ0n) is 15.8. The van der Waals surface area contributed by atoms with Crippen molar-refractivity contribution in [3.05, 3.63) is 72.6 Å². The van der Waals surface area contributed by atoms with Crippen molar-refractivity contribution < 1.29 is 8.42 Å². The van der Waals surface area contributed by atoms with Gasteiger partial charge in [0.2, 0.25) is 10.0 Å². The Morgan fingerprint density at radius 1 is 1.07 bits per heavy atom. The van der Waals surface area contributed by atoms with Crippen LogP contribution in [0.1, 0.15) is 18.4 Å². The Hall–Kier alpha value is -2.28. The van der Waals surface area contributed by atoms with E-state index in [4.69, 9.17) is 0 Å². The molecule has 2 heterocycles. The lowest BCUT2D eigenvalue weighted by Gasteiger charge is -2.32. The first kappa shape index (κ1) is 19.1. The minimum Gasteiger partial charge on any atom is -0.312 e. The molecule has 1 aliphatic rings. The Kier molecular flexibility index (Phi) is 5.71. The number of benzene rings is 2. The third kappa shape index (κ3) is 4.09. The second-order valence-corrected chi connectivity index (χ2v) is 9.15. The highest BCUT2D eigenvalue weighted by Gasteiger charge is 2.31. The summed E-state index contributed by atoms with van der Waals surface area (Å²) in [4.78, 5) is 4.47. The topological polar surface area (TPSA) is 62.3 Å². The highest BCUT2D eigenvalue weighted by atomic mass is 32.2. The van der Waals surface area contributed by atoms with Crippen molar-refractivity contribution in [3.63, 3.8) is 0 Å². The molecule has 1 saturated heterocycles. The summed E-state index contributed by atoms with van der Waals surface area (Å²) in [5.74, 6) is 0. The maximum Gasteiger partial charge on any atom is 0.243 e. The maximum absolute atomic E-state index is 13.3. The summed E-state index contributed by atoms with van der Waals surface area (Å²) in [6.07, 6.45) is 6.17. The van der Waals surface area contributed by atoms with Crippen molar-refractivity contribution in [2.45, 2.75) is 30.2 Å². The van der Waals surface area contributed by atoms with Gasteiger partial charge in [0, 0.05) is 42.3 Å². The van der Waals surface area contributed by atoms with Gasteiger partial charge in [-0.2, -0.15) is 4.31 Å². The largest absolute Gasteiger partial charge is 0.312 e. The van der Waals surface area contributed by atoms with E-state index in [2.05, 4.69) is 22.4 Å². The molecule has 0 aliphatic carbocycles. The van der Waals surface area contributed by atoms with Crippen LogP contribution in [0.15, 0.2) is 71.9 Å². The molecule has 0 saturated carbocycles. The summed E-state index contributed by atoms with van der Waals surface area (Å²) >= 11 is 0. The van der Waals surface area contributed by atoms with Crippen LogP contribution in [0.4, 0.5) is 0 Å². The lowest BCUT2D eigenvalue weighted by Crippen LogP contribution is -2.48. The van der Waals surface area contributed by atoms with Crippen molar-refractivity contribution in [3.8, 4) is 0 Å². The van der Waals surface area contributed by atoms with E-state index in [1.165, 1.54) is 5.56 Å². The second-order valence-electron chi connectivity index (χ2n) is 7.24. The average Bonchev–Trinajstić information content (AvgIpc) is 2.74. The van der Waals surface area contributed by atoms with E-state index in [9.17, 15) is 8.42 Å². The minimum absolute atomic E-state index is 0.184. The van der Waals surface area contributed by atoms with Crippen LogP contribution in [-0.4, -0.2) is 43.4 Å². The molecular weight excluding hydrogens is 370 g/mol. The van der Waals surface area contributed by atoms with Crippen LogP contribution in [0.3, 0.4) is 0 Å². The van der Waals surface area contributed by atoms with Crippen LogP contribution >= 0.6 is 0 Å². The van der Waals surface area contributed by atoms with Gasteiger partial charge in [0.15, 0.2) is 0 Å². The number of nitrogens with zero attached hydrogens (tertiary/aromatic N) is 2. The normalized spacial score (nSPS) is 18.4. The molecule has 0 radical (unpaired) electrons. The molecule has 1 atom stereocenters. The van der Waals surface area contributed by atoms with Gasteiger partial charge in [0.1, 0.15) is 0 Å². The highest BCUT2D eigenvalue weighted by molar-refractivity contribution is 7.89. The first-order valence-electron chi connectivity index (χ1n) is 9.75. The van der Waals surface area contributed by atoms with Gasteiger partial charge < -0.3 is 5.32 Å². The third-order valence-electron chi connectivity index (χ3n) is 5.33. The van der Waals surface area contributed by atoms with E-state index in [-0.39, 0.29) is 6.04 Å². The average molecular weight is 396 g/mol. The summed E-state index contributed by atoms with van der Waals surface area (Å²) in [6.45, 7) is 1.93. The number of fused-ring (bicyclic) bond motifs is 1. The Morgan fingerprint density at radius 3 is 2.79 bits per heavy atom. The summed E-state index contributed by atoms with van der Waals surface area (Å²) in [5.41, 5.74) is 1.29. The van der Waals surface area contributed by atoms with Gasteiger partial charge in [-0.1, -0.05) is 42.5 Å². The maximum atomic E-state index is 13.3. The molecule has 28 heavy (non-hydrogen) atoms. The monoisotopic (exact) mass is 395 g/mol. The number of aromatic nitrogens is 1. The number of hydrogen-bond acceptors (Lipinski definition) is 4. The quantitative estimate of drug-likeness (QED) is 0.696. The summed E-state index contributed by atoms with van der Waals surface area (Å²) in [5, 5.41) is 5.12. The lowest BCUT2D eigenvalue weighted by atomic mass is 10.1. The Labute approximate surface area is 166 Å². The van der Waals surface area contributed by atoms with Gasteiger partial charge in [-0.05, 0) is 43.5 Å². The number of piperidine rings is 1. The molecule has 6 heteroatoms. The van der Waals surface area contributed by atoms with E-state index < -0.39 is 10.0 Å². The van der Waals surface area contributed by atoms with Crippen LogP contribution in [0.5, 0.6) is 0 Å². The van der Waals surface area contributed by atoms with Crippen molar-refractivity contribution in [2.24, 2.45) is 0 Å². The Morgan fingerprint density at radius 2 is 1.93 bits per heavy atom. The molecule has 3 aromatic rings. The molecule has 2 aromatic carbocycles. The number of hydrogen-bond donors (Lipinski definition) is 1. The van der Waals surface area contributed by atoms with E-state index in [0.717, 1.165) is 36.6 Å². The Balaban J connectivity index is 1.46. The van der Waals surface area contributed by atoms with Crippen molar-refractivity contribution >= 4 is 20.8 Å². The minimum atomic E-state index is -3.53. The molecule has 4 rings (SSSR count). The van der Waals surface area contributed by atoms with Crippen LogP contribution in [0.25, 0.3) is 10.8 Å². The first-order chi connectivity index (χ1) is 13.6. The van der Waals surface area contributed by atoms with E-state index in [1.54, 1.807) is 34.9 Å². The molecule has 1 N–H and O–H groups in total. The molecule has 0 spiro atoms. The molecule has 0 bridgehead atoms. The number of pyridine rings is 1. The standard InChI is InChI=1S/C22H25N3O2S/c26-28(27,22-10-4-8-19-16-23-13-12-21(19)22)25-15-5-9-20(17-25)24-14-11-18-6-2-1-3-7-18/h1-4,6-8,10,12-13,16,20,24H,5,9,11,14-15,17H2. The van der Waals surface area contributed by atoms with Gasteiger partial charge >= 0.3 is 0 Å².